The van der Waals surface area contributed by atoms with Crippen molar-refractivity contribution in [2.45, 2.75) is 32.9 Å². The molecule has 0 N–H and O–H groups in total. The predicted molar refractivity (Wildman–Crippen MR) is 100 cm³/mol. The minimum Gasteiger partial charge on any atom is -0.423 e. The molecule has 1 fully saturated rings. The molecule has 2 aromatic rings. The molecule has 0 unspecified atom stereocenters. The van der Waals surface area contributed by atoms with Crippen molar-refractivity contribution >= 4 is 11.0 Å². The molecule has 3 rings (SSSR count). The van der Waals surface area contributed by atoms with Gasteiger partial charge in [-0.3, -0.25) is 4.90 Å². The topological polar surface area (TPSA) is 45.9 Å². The summed E-state index contributed by atoms with van der Waals surface area (Å²) in [6, 6.07) is 8.19. The second-order valence-electron chi connectivity index (χ2n) is 6.97. The molecule has 0 bridgehead atoms. The highest BCUT2D eigenvalue weighted by Crippen LogP contribution is 2.20. The molecule has 0 aliphatic carbocycles. The van der Waals surface area contributed by atoms with Crippen molar-refractivity contribution in [3.63, 3.8) is 0 Å². The molecule has 25 heavy (non-hydrogen) atoms. The number of nitrogens with zero attached hydrogens (tertiary/aromatic N) is 2. The largest absolute Gasteiger partial charge is 0.423 e. The molecular formula is C20H28N2O3. The number of rotatable bonds is 6. The van der Waals surface area contributed by atoms with Crippen LogP contribution in [0.4, 0.5) is 0 Å². The highest BCUT2D eigenvalue weighted by Gasteiger charge is 2.19. The van der Waals surface area contributed by atoms with Crippen LogP contribution in [0, 0.1) is 0 Å². The normalized spacial score (nSPS) is 17.3. The molecule has 1 aliphatic heterocycles. The van der Waals surface area contributed by atoms with Crippen LogP contribution in [0.1, 0.15) is 25.0 Å². The molecule has 0 radical (unpaired) electrons. The number of aryl methyl sites for hydroxylation is 1. The highest BCUT2D eigenvalue weighted by molar-refractivity contribution is 5.80. The molecule has 0 spiro atoms. The zero-order chi connectivity index (χ0) is 17.8. The fourth-order valence-corrected chi connectivity index (χ4v) is 3.57. The maximum atomic E-state index is 11.9. The second kappa shape index (κ2) is 8.13. The maximum Gasteiger partial charge on any atom is 0.336 e. The van der Waals surface area contributed by atoms with Gasteiger partial charge in [0.25, 0.3) is 0 Å². The molecule has 1 aliphatic rings. The summed E-state index contributed by atoms with van der Waals surface area (Å²) < 4.78 is 10.8. The van der Waals surface area contributed by atoms with Gasteiger partial charge in [0.15, 0.2) is 0 Å². The Hall–Kier alpha value is -1.69. The van der Waals surface area contributed by atoms with Crippen LogP contribution < -0.4 is 5.63 Å². The Morgan fingerprint density at radius 1 is 1.24 bits per heavy atom. The zero-order valence-corrected chi connectivity index (χ0v) is 15.5. The molecule has 1 aromatic heterocycles. The summed E-state index contributed by atoms with van der Waals surface area (Å²) in [4.78, 5) is 16.7. The van der Waals surface area contributed by atoms with E-state index in [1.807, 2.05) is 12.1 Å². The number of benzene rings is 1. The Morgan fingerprint density at radius 3 is 2.72 bits per heavy atom. The van der Waals surface area contributed by atoms with E-state index in [0.29, 0.717) is 11.6 Å². The van der Waals surface area contributed by atoms with Gasteiger partial charge in [-0.25, -0.2) is 4.79 Å². The highest BCUT2D eigenvalue weighted by atomic mass is 16.5. The first-order valence-corrected chi connectivity index (χ1v) is 9.13. The van der Waals surface area contributed by atoms with Crippen LogP contribution in [0.5, 0.6) is 0 Å². The van der Waals surface area contributed by atoms with Gasteiger partial charge in [0.2, 0.25) is 0 Å². The van der Waals surface area contributed by atoms with Crippen molar-refractivity contribution in [1.29, 1.82) is 0 Å². The Balaban J connectivity index is 1.75. The number of likely N-dealkylation sites (N-methyl/N-ethyl adjacent to an activating group) is 1. The number of morpholine rings is 1. The van der Waals surface area contributed by atoms with E-state index in [-0.39, 0.29) is 5.63 Å². The van der Waals surface area contributed by atoms with Crippen molar-refractivity contribution in [3.05, 3.63) is 45.8 Å². The number of hydrogen-bond acceptors (Lipinski definition) is 5. The zero-order valence-electron chi connectivity index (χ0n) is 15.5. The molecule has 1 saturated heterocycles. The molecule has 136 valence electrons. The molecular weight excluding hydrogens is 316 g/mol. The quantitative estimate of drug-likeness (QED) is 0.754. The van der Waals surface area contributed by atoms with Crippen molar-refractivity contribution in [2.75, 3.05) is 39.9 Å². The van der Waals surface area contributed by atoms with Gasteiger partial charge < -0.3 is 14.1 Å². The van der Waals surface area contributed by atoms with Crippen molar-refractivity contribution in [2.24, 2.45) is 0 Å². The Labute approximate surface area is 149 Å². The summed E-state index contributed by atoms with van der Waals surface area (Å²) in [7, 11) is 2.11. The van der Waals surface area contributed by atoms with E-state index in [9.17, 15) is 4.79 Å². The monoisotopic (exact) mass is 344 g/mol. The van der Waals surface area contributed by atoms with Gasteiger partial charge in [0, 0.05) is 43.7 Å². The van der Waals surface area contributed by atoms with E-state index in [1.165, 1.54) is 5.56 Å². The molecule has 1 atom stereocenters. The Kier molecular flexibility index (Phi) is 5.89. The Morgan fingerprint density at radius 2 is 2.00 bits per heavy atom. The lowest BCUT2D eigenvalue weighted by Gasteiger charge is -2.34. The molecule has 2 heterocycles. The molecule has 5 nitrogen and oxygen atoms in total. The third kappa shape index (κ3) is 4.48. The van der Waals surface area contributed by atoms with Gasteiger partial charge in [-0.2, -0.15) is 0 Å². The second-order valence-corrected chi connectivity index (χ2v) is 6.97. The summed E-state index contributed by atoms with van der Waals surface area (Å²) in [5, 5.41) is 1.05. The van der Waals surface area contributed by atoms with Gasteiger partial charge in [-0.05, 0) is 43.7 Å². The summed E-state index contributed by atoms with van der Waals surface area (Å²) in [5.41, 5.74) is 2.70. The molecule has 0 amide bonds. The van der Waals surface area contributed by atoms with E-state index < -0.39 is 0 Å². The Bertz CT molecular complexity index is 765. The van der Waals surface area contributed by atoms with Gasteiger partial charge in [0.05, 0.1) is 13.2 Å². The predicted octanol–water partition coefficient (Wildman–Crippen LogP) is 2.51. The van der Waals surface area contributed by atoms with Crippen molar-refractivity contribution in [3.8, 4) is 0 Å². The van der Waals surface area contributed by atoms with E-state index in [1.54, 1.807) is 6.07 Å². The minimum atomic E-state index is -0.277. The van der Waals surface area contributed by atoms with Crippen LogP contribution in [0.25, 0.3) is 11.0 Å². The summed E-state index contributed by atoms with van der Waals surface area (Å²) in [6.45, 7) is 9.71. The van der Waals surface area contributed by atoms with Crippen LogP contribution in [0.2, 0.25) is 0 Å². The number of hydrogen-bond donors (Lipinski definition) is 0. The lowest BCUT2D eigenvalue weighted by Crippen LogP contribution is -2.46. The first-order valence-electron chi connectivity index (χ1n) is 9.13. The van der Waals surface area contributed by atoms with Crippen LogP contribution in [-0.4, -0.2) is 55.7 Å². The summed E-state index contributed by atoms with van der Waals surface area (Å²) >= 11 is 0. The van der Waals surface area contributed by atoms with E-state index >= 15 is 0 Å². The molecule has 5 heteroatoms. The first-order chi connectivity index (χ1) is 12.1. The van der Waals surface area contributed by atoms with Gasteiger partial charge in [-0.1, -0.05) is 13.0 Å². The minimum absolute atomic E-state index is 0.277. The standard InChI is InChI=1S/C20H28N2O3/c1-4-16-5-6-19-18(11-16)17(12-20(23)25-19)14-21(3)13-15(2)22-7-9-24-10-8-22/h5-6,11-12,15H,4,7-10,13-14H2,1-3H3/t15-/m0/s1. The fraction of sp³-hybridized carbons (Fsp3) is 0.550. The lowest BCUT2D eigenvalue weighted by molar-refractivity contribution is 0.0137. The van der Waals surface area contributed by atoms with Crippen LogP contribution >= 0.6 is 0 Å². The van der Waals surface area contributed by atoms with Crippen LogP contribution in [-0.2, 0) is 17.7 Å². The first kappa shape index (κ1) is 18.1. The average molecular weight is 344 g/mol. The number of fused-ring (bicyclic) bond motifs is 1. The van der Waals surface area contributed by atoms with Gasteiger partial charge in [0.1, 0.15) is 5.58 Å². The van der Waals surface area contributed by atoms with Gasteiger partial charge in [-0.15, -0.1) is 0 Å². The summed E-state index contributed by atoms with van der Waals surface area (Å²) in [5.74, 6) is 0. The van der Waals surface area contributed by atoms with E-state index in [0.717, 1.165) is 56.8 Å². The SMILES string of the molecule is CCc1ccc2oc(=O)cc(CN(C)C[C@H](C)N3CCOCC3)c2c1. The average Bonchev–Trinajstić information content (AvgIpc) is 2.62. The number of ether oxygens (including phenoxy) is 1. The smallest absolute Gasteiger partial charge is 0.336 e. The summed E-state index contributed by atoms with van der Waals surface area (Å²) in [6.07, 6.45) is 0.971. The third-order valence-electron chi connectivity index (χ3n) is 4.99. The maximum absolute atomic E-state index is 11.9. The van der Waals surface area contributed by atoms with E-state index in [4.69, 9.17) is 9.15 Å². The van der Waals surface area contributed by atoms with Crippen LogP contribution in [0.15, 0.2) is 33.5 Å². The van der Waals surface area contributed by atoms with Gasteiger partial charge >= 0.3 is 5.63 Å². The fourth-order valence-electron chi connectivity index (χ4n) is 3.57. The van der Waals surface area contributed by atoms with Crippen molar-refractivity contribution < 1.29 is 9.15 Å². The third-order valence-corrected chi connectivity index (χ3v) is 4.99. The lowest BCUT2D eigenvalue weighted by atomic mass is 10.1. The molecule has 1 aromatic carbocycles. The van der Waals surface area contributed by atoms with Crippen molar-refractivity contribution in [1.82, 2.24) is 9.80 Å². The molecule has 0 saturated carbocycles. The van der Waals surface area contributed by atoms with Crippen LogP contribution in [0.3, 0.4) is 0 Å². The van der Waals surface area contributed by atoms with E-state index in [2.05, 4.69) is 36.8 Å².